The largest absolute Gasteiger partial charge is 0.264 e. The number of hydrogen-bond acceptors (Lipinski definition) is 1. The molecule has 5 rings (SSSR count). The van der Waals surface area contributed by atoms with Crippen molar-refractivity contribution in [3.63, 3.8) is 0 Å². The molecule has 1 heterocycles. The number of aromatic nitrogens is 1. The fraction of sp³-hybridized carbons (Fsp3) is 0.625. The van der Waals surface area contributed by atoms with Crippen LogP contribution in [0.1, 0.15) is 70.8 Å². The summed E-state index contributed by atoms with van der Waals surface area (Å²) < 4.78 is 0. The topological polar surface area (TPSA) is 12.9 Å². The number of fused-ring (bicyclic) bond motifs is 5. The summed E-state index contributed by atoms with van der Waals surface area (Å²) in [5.41, 5.74) is 5.65. The zero-order valence-corrected chi connectivity index (χ0v) is 15.8. The molecule has 2 fully saturated rings. The Balaban J connectivity index is 1.49. The van der Waals surface area contributed by atoms with Crippen molar-refractivity contribution in [2.45, 2.75) is 65.2 Å². The maximum absolute atomic E-state index is 4.39. The van der Waals surface area contributed by atoms with Gasteiger partial charge in [-0.05, 0) is 90.7 Å². The van der Waals surface area contributed by atoms with Crippen LogP contribution in [0.3, 0.4) is 0 Å². The summed E-state index contributed by atoms with van der Waals surface area (Å²) in [6, 6.07) is 4.36. The Morgan fingerprint density at radius 2 is 1.92 bits per heavy atom. The molecule has 0 radical (unpaired) electrons. The molecule has 0 aliphatic heterocycles. The Morgan fingerprint density at radius 1 is 1.00 bits per heavy atom. The smallest absolute Gasteiger partial charge is 0.0343 e. The van der Waals surface area contributed by atoms with Crippen LogP contribution in [0.15, 0.2) is 42.3 Å². The molecule has 0 saturated heterocycles. The van der Waals surface area contributed by atoms with Crippen LogP contribution in [0.2, 0.25) is 0 Å². The average molecular weight is 334 g/mol. The predicted molar refractivity (Wildman–Crippen MR) is 104 cm³/mol. The lowest BCUT2D eigenvalue weighted by Crippen LogP contribution is -2.48. The second kappa shape index (κ2) is 5.56. The van der Waals surface area contributed by atoms with Gasteiger partial charge >= 0.3 is 0 Å². The van der Waals surface area contributed by atoms with E-state index in [1.165, 1.54) is 56.9 Å². The van der Waals surface area contributed by atoms with Gasteiger partial charge in [-0.15, -0.1) is 0 Å². The number of nitrogens with zero attached hydrogens (tertiary/aromatic N) is 1. The van der Waals surface area contributed by atoms with Crippen LogP contribution >= 0.6 is 0 Å². The molecular formula is C24H31N. The molecule has 4 aliphatic rings. The first-order valence-electron chi connectivity index (χ1n) is 10.4. The molecule has 1 nitrogen and oxygen atoms in total. The highest BCUT2D eigenvalue weighted by atomic mass is 14.6. The van der Waals surface area contributed by atoms with E-state index in [-0.39, 0.29) is 0 Å². The molecule has 25 heavy (non-hydrogen) atoms. The third kappa shape index (κ3) is 2.17. The van der Waals surface area contributed by atoms with E-state index in [2.05, 4.69) is 49.3 Å². The average Bonchev–Trinajstić information content (AvgIpc) is 2.99. The molecule has 5 atom stereocenters. The van der Waals surface area contributed by atoms with Gasteiger partial charge in [0.05, 0.1) is 0 Å². The Hall–Kier alpha value is -1.37. The minimum Gasteiger partial charge on any atom is -0.264 e. The van der Waals surface area contributed by atoms with Crippen LogP contribution < -0.4 is 0 Å². The number of allylic oxidation sites excluding steroid dienone is 4. The van der Waals surface area contributed by atoms with Gasteiger partial charge in [0.2, 0.25) is 0 Å². The molecule has 0 N–H and O–H groups in total. The first kappa shape index (κ1) is 15.9. The van der Waals surface area contributed by atoms with Crippen molar-refractivity contribution in [1.82, 2.24) is 4.98 Å². The Kier molecular flexibility index (Phi) is 3.53. The molecule has 0 unspecified atom stereocenters. The van der Waals surface area contributed by atoms with Crippen LogP contribution in [0, 0.1) is 28.6 Å². The number of rotatable bonds is 1. The second-order valence-electron chi connectivity index (χ2n) is 9.52. The van der Waals surface area contributed by atoms with Crippen molar-refractivity contribution in [3.8, 4) is 0 Å². The Labute approximate surface area is 152 Å². The monoisotopic (exact) mass is 333 g/mol. The first-order valence-corrected chi connectivity index (χ1v) is 10.4. The second-order valence-corrected chi connectivity index (χ2v) is 9.52. The van der Waals surface area contributed by atoms with E-state index in [1.54, 1.807) is 5.57 Å². The minimum atomic E-state index is 0.362. The third-order valence-corrected chi connectivity index (χ3v) is 8.57. The highest BCUT2D eigenvalue weighted by molar-refractivity contribution is 5.72. The summed E-state index contributed by atoms with van der Waals surface area (Å²) in [6.45, 7) is 5.17. The zero-order valence-electron chi connectivity index (χ0n) is 15.8. The molecule has 0 aromatic carbocycles. The van der Waals surface area contributed by atoms with Crippen molar-refractivity contribution in [3.05, 3.63) is 47.8 Å². The Morgan fingerprint density at radius 3 is 2.76 bits per heavy atom. The minimum absolute atomic E-state index is 0.362. The standard InChI is InChI=1S/C24H31N/c1-23-13-4-3-7-18(23)8-9-19-21-11-10-20(17-6-5-15-25-16-17)24(21,2)14-12-22(19)23/h5-6,8,10,15-16,19,21-22H,3-4,7,9,11-14H2,1-2H3/t19-,21-,22-,23-,24+/m0/s1. The van der Waals surface area contributed by atoms with Crippen molar-refractivity contribution in [1.29, 1.82) is 0 Å². The lowest BCUT2D eigenvalue weighted by atomic mass is 9.47. The summed E-state index contributed by atoms with van der Waals surface area (Å²) in [4.78, 5) is 4.39. The highest BCUT2D eigenvalue weighted by Crippen LogP contribution is 2.66. The summed E-state index contributed by atoms with van der Waals surface area (Å²) >= 11 is 0. The summed E-state index contributed by atoms with van der Waals surface area (Å²) in [5.74, 6) is 2.64. The van der Waals surface area contributed by atoms with Gasteiger partial charge in [0.25, 0.3) is 0 Å². The summed E-state index contributed by atoms with van der Waals surface area (Å²) in [5, 5.41) is 0. The van der Waals surface area contributed by atoms with Gasteiger partial charge in [0.1, 0.15) is 0 Å². The van der Waals surface area contributed by atoms with E-state index < -0.39 is 0 Å². The number of pyridine rings is 1. The van der Waals surface area contributed by atoms with E-state index in [9.17, 15) is 0 Å². The molecule has 2 saturated carbocycles. The van der Waals surface area contributed by atoms with Gasteiger partial charge in [-0.1, -0.05) is 44.1 Å². The molecular weight excluding hydrogens is 302 g/mol. The van der Waals surface area contributed by atoms with Crippen molar-refractivity contribution >= 4 is 5.57 Å². The van der Waals surface area contributed by atoms with Crippen molar-refractivity contribution in [2.75, 3.05) is 0 Å². The molecule has 0 bridgehead atoms. The van der Waals surface area contributed by atoms with Crippen LogP contribution in [0.25, 0.3) is 5.57 Å². The molecule has 0 spiro atoms. The molecule has 0 amide bonds. The molecule has 1 aromatic rings. The molecule has 132 valence electrons. The van der Waals surface area contributed by atoms with E-state index in [0.29, 0.717) is 10.8 Å². The van der Waals surface area contributed by atoms with E-state index in [4.69, 9.17) is 0 Å². The molecule has 1 aromatic heterocycles. The highest BCUT2D eigenvalue weighted by Gasteiger charge is 2.56. The fourth-order valence-electron chi connectivity index (χ4n) is 7.24. The zero-order chi connectivity index (χ0) is 17.1. The van der Waals surface area contributed by atoms with Gasteiger partial charge < -0.3 is 0 Å². The summed E-state index contributed by atoms with van der Waals surface area (Å²) in [6.07, 6.45) is 20.3. The lowest BCUT2D eigenvalue weighted by Gasteiger charge is -2.57. The maximum atomic E-state index is 4.39. The van der Waals surface area contributed by atoms with Gasteiger partial charge in [0, 0.05) is 12.4 Å². The SMILES string of the molecule is C[C@]12CCCCC1=CC[C@@H]1[C@@H]2CC[C@]2(C)C(c3cccnc3)=CC[C@@H]12. The number of hydrogen-bond donors (Lipinski definition) is 0. The summed E-state index contributed by atoms with van der Waals surface area (Å²) in [7, 11) is 0. The van der Waals surface area contributed by atoms with Crippen LogP contribution in [0.5, 0.6) is 0 Å². The van der Waals surface area contributed by atoms with Gasteiger partial charge in [-0.3, -0.25) is 4.98 Å². The van der Waals surface area contributed by atoms with Crippen molar-refractivity contribution < 1.29 is 0 Å². The quantitative estimate of drug-likeness (QED) is 0.540. The maximum Gasteiger partial charge on any atom is 0.0343 e. The van der Waals surface area contributed by atoms with Crippen LogP contribution in [0.4, 0.5) is 0 Å². The van der Waals surface area contributed by atoms with E-state index in [1.807, 2.05) is 11.8 Å². The molecule has 1 heteroatoms. The van der Waals surface area contributed by atoms with Crippen molar-refractivity contribution in [2.24, 2.45) is 28.6 Å². The first-order chi connectivity index (χ1) is 12.1. The fourth-order valence-corrected chi connectivity index (χ4v) is 7.24. The third-order valence-electron chi connectivity index (χ3n) is 8.57. The van der Waals surface area contributed by atoms with Crippen LogP contribution in [-0.4, -0.2) is 4.98 Å². The van der Waals surface area contributed by atoms with Gasteiger partial charge in [-0.25, -0.2) is 0 Å². The van der Waals surface area contributed by atoms with Gasteiger partial charge in [0.15, 0.2) is 0 Å². The predicted octanol–water partition coefficient (Wildman–Crippen LogP) is 6.43. The Bertz CT molecular complexity index is 730. The normalized spacial score (nSPS) is 42.7. The van der Waals surface area contributed by atoms with Crippen LogP contribution in [-0.2, 0) is 0 Å². The van der Waals surface area contributed by atoms with Gasteiger partial charge in [-0.2, -0.15) is 0 Å². The van der Waals surface area contributed by atoms with E-state index in [0.717, 1.165) is 17.8 Å². The van der Waals surface area contributed by atoms with E-state index >= 15 is 0 Å². The lowest BCUT2D eigenvalue weighted by molar-refractivity contribution is -0.00980. The molecule has 4 aliphatic carbocycles.